The zero-order valence-corrected chi connectivity index (χ0v) is 10.2. The van der Waals surface area contributed by atoms with Crippen molar-refractivity contribution in [1.82, 2.24) is 9.55 Å². The van der Waals surface area contributed by atoms with Crippen molar-refractivity contribution in [1.29, 1.82) is 0 Å². The maximum atomic E-state index is 4.44. The van der Waals surface area contributed by atoms with Gasteiger partial charge in [-0.1, -0.05) is 48.5 Å². The van der Waals surface area contributed by atoms with E-state index in [0.717, 1.165) is 16.7 Å². The Morgan fingerprint density at radius 3 is 2.50 bits per heavy atom. The van der Waals surface area contributed by atoms with Crippen LogP contribution >= 0.6 is 0 Å². The number of fused-ring (bicyclic) bond motifs is 1. The van der Waals surface area contributed by atoms with E-state index in [2.05, 4.69) is 52.9 Å². The molecule has 0 saturated heterocycles. The first kappa shape index (κ1) is 10.8. The highest BCUT2D eigenvalue weighted by atomic mass is 15.1. The molecule has 0 spiro atoms. The fraction of sp³-hybridized carbons (Fsp3) is 0.0625. The third kappa shape index (κ3) is 1.72. The number of benzene rings is 2. The number of allylic oxidation sites excluding steroid dienone is 1. The Morgan fingerprint density at radius 1 is 1.00 bits per heavy atom. The van der Waals surface area contributed by atoms with Crippen LogP contribution in [0.4, 0.5) is 0 Å². The molecule has 0 aliphatic rings. The molecule has 1 aromatic heterocycles. The first-order valence-corrected chi connectivity index (χ1v) is 6.04. The Bertz CT molecular complexity index is 693. The van der Waals surface area contributed by atoms with Crippen molar-refractivity contribution in [3.8, 4) is 0 Å². The summed E-state index contributed by atoms with van der Waals surface area (Å²) in [6.07, 6.45) is 4.00. The minimum absolute atomic E-state index is 1.02. The van der Waals surface area contributed by atoms with Gasteiger partial charge < -0.3 is 0 Å². The number of nitrogens with zero attached hydrogens (tertiary/aromatic N) is 2. The van der Waals surface area contributed by atoms with E-state index in [1.165, 1.54) is 5.56 Å². The summed E-state index contributed by atoms with van der Waals surface area (Å²) in [4.78, 5) is 4.44. The Hall–Kier alpha value is -2.35. The normalized spacial score (nSPS) is 11.9. The topological polar surface area (TPSA) is 17.8 Å². The first-order valence-electron chi connectivity index (χ1n) is 6.04. The van der Waals surface area contributed by atoms with Crippen molar-refractivity contribution in [2.45, 2.75) is 6.92 Å². The largest absolute Gasteiger partial charge is 0.299 e. The zero-order valence-electron chi connectivity index (χ0n) is 10.2. The Balaban J connectivity index is 2.19. The van der Waals surface area contributed by atoms with Gasteiger partial charge in [-0.15, -0.1) is 0 Å². The molecule has 0 bridgehead atoms. The fourth-order valence-electron chi connectivity index (χ4n) is 2.20. The lowest BCUT2D eigenvalue weighted by molar-refractivity contribution is 1.12. The van der Waals surface area contributed by atoms with Crippen molar-refractivity contribution in [3.05, 3.63) is 72.6 Å². The van der Waals surface area contributed by atoms with E-state index >= 15 is 0 Å². The summed E-state index contributed by atoms with van der Waals surface area (Å²) in [5.41, 5.74) is 4.51. The molecule has 0 radical (unpaired) electrons. The Labute approximate surface area is 106 Å². The maximum absolute atomic E-state index is 4.44. The molecule has 0 saturated carbocycles. The number of para-hydroxylation sites is 2. The van der Waals surface area contributed by atoms with Gasteiger partial charge in [0.1, 0.15) is 6.33 Å². The number of hydrogen-bond acceptors (Lipinski definition) is 1. The molecule has 18 heavy (non-hydrogen) atoms. The molecule has 3 aromatic rings. The summed E-state index contributed by atoms with van der Waals surface area (Å²) >= 11 is 0. The molecule has 0 aliphatic heterocycles. The fourth-order valence-corrected chi connectivity index (χ4v) is 2.20. The van der Waals surface area contributed by atoms with Gasteiger partial charge in [0, 0.05) is 0 Å². The van der Waals surface area contributed by atoms with Gasteiger partial charge in [-0.05, 0) is 24.6 Å². The van der Waals surface area contributed by atoms with Gasteiger partial charge in [0.2, 0.25) is 0 Å². The zero-order chi connectivity index (χ0) is 12.4. The standard InChI is InChI=1S/C16H14N2/c1-2-15(13-8-4-3-5-9-13)18-12-17-14-10-6-7-11-16(14)18/h2-12H,1H3. The number of imidazole rings is 1. The second-order valence-electron chi connectivity index (χ2n) is 4.14. The molecule has 0 N–H and O–H groups in total. The van der Waals surface area contributed by atoms with E-state index in [-0.39, 0.29) is 0 Å². The van der Waals surface area contributed by atoms with Crippen LogP contribution in [0.15, 0.2) is 67.0 Å². The average Bonchev–Trinajstić information content (AvgIpc) is 2.85. The van der Waals surface area contributed by atoms with Gasteiger partial charge in [-0.3, -0.25) is 4.57 Å². The smallest absolute Gasteiger partial charge is 0.100 e. The number of rotatable bonds is 2. The summed E-state index contributed by atoms with van der Waals surface area (Å²) < 4.78 is 2.13. The third-order valence-electron chi connectivity index (χ3n) is 3.06. The van der Waals surface area contributed by atoms with Gasteiger partial charge in [0.15, 0.2) is 0 Å². The van der Waals surface area contributed by atoms with Gasteiger partial charge in [-0.25, -0.2) is 4.98 Å². The van der Waals surface area contributed by atoms with Gasteiger partial charge in [-0.2, -0.15) is 0 Å². The summed E-state index contributed by atoms with van der Waals surface area (Å²) in [7, 11) is 0. The van der Waals surface area contributed by atoms with Crippen LogP contribution in [0.25, 0.3) is 16.7 Å². The molecule has 2 nitrogen and oxygen atoms in total. The lowest BCUT2D eigenvalue weighted by atomic mass is 10.1. The highest BCUT2D eigenvalue weighted by Gasteiger charge is 2.07. The SMILES string of the molecule is CC=C(c1ccccc1)n1cnc2ccccc21. The summed E-state index contributed by atoms with van der Waals surface area (Å²) in [5, 5.41) is 0. The quantitative estimate of drug-likeness (QED) is 0.656. The van der Waals surface area contributed by atoms with Crippen molar-refractivity contribution in [3.63, 3.8) is 0 Å². The first-order chi connectivity index (χ1) is 8.90. The molecule has 2 aromatic carbocycles. The number of aromatic nitrogens is 2. The van der Waals surface area contributed by atoms with E-state index in [9.17, 15) is 0 Å². The van der Waals surface area contributed by atoms with Crippen molar-refractivity contribution in [2.75, 3.05) is 0 Å². The van der Waals surface area contributed by atoms with Crippen LogP contribution in [0, 0.1) is 0 Å². The molecule has 0 fully saturated rings. The molecular formula is C16H14N2. The second kappa shape index (κ2) is 4.49. The van der Waals surface area contributed by atoms with Gasteiger partial charge >= 0.3 is 0 Å². The Kier molecular flexibility index (Phi) is 2.69. The van der Waals surface area contributed by atoms with Crippen molar-refractivity contribution < 1.29 is 0 Å². The maximum Gasteiger partial charge on any atom is 0.100 e. The molecule has 0 unspecified atom stereocenters. The van der Waals surface area contributed by atoms with Gasteiger partial charge in [0.25, 0.3) is 0 Å². The Morgan fingerprint density at radius 2 is 1.72 bits per heavy atom. The molecule has 1 heterocycles. The molecule has 0 amide bonds. The third-order valence-corrected chi connectivity index (χ3v) is 3.06. The van der Waals surface area contributed by atoms with Crippen molar-refractivity contribution >= 4 is 16.7 Å². The molecule has 0 aliphatic carbocycles. The van der Waals surface area contributed by atoms with Crippen LogP contribution in [0.2, 0.25) is 0 Å². The molecule has 88 valence electrons. The van der Waals surface area contributed by atoms with Crippen LogP contribution in [0.5, 0.6) is 0 Å². The minimum atomic E-state index is 1.02. The molecular weight excluding hydrogens is 220 g/mol. The van der Waals surface area contributed by atoms with Crippen LogP contribution in [0.3, 0.4) is 0 Å². The predicted molar refractivity (Wildman–Crippen MR) is 75.2 cm³/mol. The van der Waals surface area contributed by atoms with Crippen LogP contribution in [-0.2, 0) is 0 Å². The van der Waals surface area contributed by atoms with E-state index in [1.54, 1.807) is 0 Å². The molecule has 3 rings (SSSR count). The average molecular weight is 234 g/mol. The lowest BCUT2D eigenvalue weighted by Gasteiger charge is -2.09. The molecule has 2 heteroatoms. The monoisotopic (exact) mass is 234 g/mol. The van der Waals surface area contributed by atoms with Crippen LogP contribution in [-0.4, -0.2) is 9.55 Å². The second-order valence-corrected chi connectivity index (χ2v) is 4.14. The summed E-state index contributed by atoms with van der Waals surface area (Å²) in [6, 6.07) is 18.5. The van der Waals surface area contributed by atoms with E-state index in [1.807, 2.05) is 30.6 Å². The predicted octanol–water partition coefficient (Wildman–Crippen LogP) is 3.95. The van der Waals surface area contributed by atoms with Crippen LogP contribution in [0.1, 0.15) is 12.5 Å². The van der Waals surface area contributed by atoms with E-state index < -0.39 is 0 Å². The van der Waals surface area contributed by atoms with E-state index in [4.69, 9.17) is 0 Å². The van der Waals surface area contributed by atoms with E-state index in [0.29, 0.717) is 0 Å². The minimum Gasteiger partial charge on any atom is -0.299 e. The lowest BCUT2D eigenvalue weighted by Crippen LogP contribution is -1.96. The summed E-state index contributed by atoms with van der Waals surface area (Å²) in [5.74, 6) is 0. The highest BCUT2D eigenvalue weighted by Crippen LogP contribution is 2.22. The number of hydrogen-bond donors (Lipinski definition) is 0. The van der Waals surface area contributed by atoms with Crippen LogP contribution < -0.4 is 0 Å². The summed E-state index contributed by atoms with van der Waals surface area (Å²) in [6.45, 7) is 2.05. The van der Waals surface area contributed by atoms with Crippen molar-refractivity contribution in [2.24, 2.45) is 0 Å². The molecule has 0 atom stereocenters. The highest BCUT2D eigenvalue weighted by molar-refractivity contribution is 5.82. The van der Waals surface area contributed by atoms with Gasteiger partial charge in [0.05, 0.1) is 16.7 Å².